The molecule has 0 aliphatic rings. The molecule has 0 radical (unpaired) electrons. The van der Waals surface area contributed by atoms with Crippen molar-refractivity contribution in [1.29, 1.82) is 5.26 Å². The molecule has 0 aliphatic carbocycles. The van der Waals surface area contributed by atoms with Crippen LogP contribution in [0.1, 0.15) is 11.1 Å². The van der Waals surface area contributed by atoms with Gasteiger partial charge >= 0.3 is 0 Å². The van der Waals surface area contributed by atoms with Gasteiger partial charge in [-0.1, -0.05) is 33.6 Å². The van der Waals surface area contributed by atoms with E-state index in [9.17, 15) is 4.39 Å². The minimum absolute atomic E-state index is 0.0147. The maximum absolute atomic E-state index is 13.5. The van der Waals surface area contributed by atoms with Crippen molar-refractivity contribution < 1.29 is 9.13 Å². The van der Waals surface area contributed by atoms with Crippen molar-refractivity contribution >= 4 is 27.5 Å². The van der Waals surface area contributed by atoms with E-state index in [1.165, 1.54) is 12.1 Å². The van der Waals surface area contributed by atoms with Crippen LogP contribution in [0.4, 0.5) is 4.39 Å². The van der Waals surface area contributed by atoms with E-state index in [1.54, 1.807) is 30.3 Å². The van der Waals surface area contributed by atoms with Gasteiger partial charge in [-0.25, -0.2) is 4.39 Å². The third-order valence-electron chi connectivity index (χ3n) is 2.50. The average molecular weight is 341 g/mol. The van der Waals surface area contributed by atoms with Gasteiger partial charge in [0, 0.05) is 22.0 Å². The summed E-state index contributed by atoms with van der Waals surface area (Å²) in [5, 5.41) is 9.76. The molecular formula is C14H8BrClFNO. The fraction of sp³-hybridized carbons (Fsp3) is 0.0714. The molecule has 2 nitrogen and oxygen atoms in total. The lowest BCUT2D eigenvalue weighted by Gasteiger charge is -2.11. The number of benzene rings is 2. The standard InChI is InChI=1S/C14H8BrClFNO/c15-7-11-12(16)2-1-3-14(11)19-10-5-4-9(8-18)13(17)6-10/h1-6H,7H2. The van der Waals surface area contributed by atoms with Crippen LogP contribution in [0, 0.1) is 17.1 Å². The zero-order chi connectivity index (χ0) is 13.8. The summed E-state index contributed by atoms with van der Waals surface area (Å²) in [4.78, 5) is 0. The number of ether oxygens (including phenoxy) is 1. The summed E-state index contributed by atoms with van der Waals surface area (Å²) in [6.45, 7) is 0. The predicted molar refractivity (Wildman–Crippen MR) is 75.3 cm³/mol. The molecule has 5 heteroatoms. The Morgan fingerprint density at radius 1 is 1.32 bits per heavy atom. The minimum Gasteiger partial charge on any atom is -0.457 e. The van der Waals surface area contributed by atoms with Crippen LogP contribution in [0.5, 0.6) is 11.5 Å². The Kier molecular flexibility index (Phi) is 4.41. The van der Waals surface area contributed by atoms with Crippen molar-refractivity contribution in [3.63, 3.8) is 0 Å². The smallest absolute Gasteiger partial charge is 0.144 e. The summed E-state index contributed by atoms with van der Waals surface area (Å²) in [5.41, 5.74) is 0.771. The van der Waals surface area contributed by atoms with Crippen molar-refractivity contribution in [3.8, 4) is 17.6 Å². The van der Waals surface area contributed by atoms with E-state index in [2.05, 4.69) is 15.9 Å². The topological polar surface area (TPSA) is 33.0 Å². The second-order valence-electron chi connectivity index (χ2n) is 3.71. The van der Waals surface area contributed by atoms with Crippen molar-refractivity contribution in [2.24, 2.45) is 0 Å². The van der Waals surface area contributed by atoms with Gasteiger partial charge in [0.25, 0.3) is 0 Å². The van der Waals surface area contributed by atoms with Gasteiger partial charge in [0.2, 0.25) is 0 Å². The fourth-order valence-electron chi connectivity index (χ4n) is 1.54. The van der Waals surface area contributed by atoms with Gasteiger partial charge in [0.1, 0.15) is 23.4 Å². The summed E-state index contributed by atoms with van der Waals surface area (Å²) >= 11 is 9.38. The zero-order valence-electron chi connectivity index (χ0n) is 9.66. The molecule has 0 bridgehead atoms. The molecule has 19 heavy (non-hydrogen) atoms. The van der Waals surface area contributed by atoms with Gasteiger partial charge in [-0.3, -0.25) is 0 Å². The van der Waals surface area contributed by atoms with Gasteiger partial charge in [-0.15, -0.1) is 0 Å². The van der Waals surface area contributed by atoms with Gasteiger partial charge in [0.05, 0.1) is 5.56 Å². The second-order valence-corrected chi connectivity index (χ2v) is 4.67. The van der Waals surface area contributed by atoms with Crippen LogP contribution in [0.25, 0.3) is 0 Å². The fourth-order valence-corrected chi connectivity index (χ4v) is 2.51. The summed E-state index contributed by atoms with van der Waals surface area (Å²) in [6.07, 6.45) is 0. The molecule has 0 saturated heterocycles. The highest BCUT2D eigenvalue weighted by molar-refractivity contribution is 9.08. The van der Waals surface area contributed by atoms with Crippen LogP contribution < -0.4 is 4.74 Å². The van der Waals surface area contributed by atoms with Gasteiger partial charge in [-0.2, -0.15) is 5.26 Å². The van der Waals surface area contributed by atoms with E-state index in [0.29, 0.717) is 21.9 Å². The SMILES string of the molecule is N#Cc1ccc(Oc2cccc(Cl)c2CBr)cc1F. The highest BCUT2D eigenvalue weighted by atomic mass is 79.9. The lowest BCUT2D eigenvalue weighted by molar-refractivity contribution is 0.472. The molecular weight excluding hydrogens is 333 g/mol. The molecule has 0 atom stereocenters. The van der Waals surface area contributed by atoms with Crippen LogP contribution in [0.15, 0.2) is 36.4 Å². The number of alkyl halides is 1. The molecule has 2 aromatic carbocycles. The number of rotatable bonds is 3. The molecule has 0 unspecified atom stereocenters. The molecule has 0 amide bonds. The van der Waals surface area contributed by atoms with Crippen LogP contribution in [0.3, 0.4) is 0 Å². The predicted octanol–water partition coefficient (Wildman–Crippen LogP) is 5.04. The highest BCUT2D eigenvalue weighted by Gasteiger charge is 2.09. The van der Waals surface area contributed by atoms with E-state index in [-0.39, 0.29) is 5.56 Å². The number of hydrogen-bond acceptors (Lipinski definition) is 2. The first-order valence-corrected chi connectivity index (χ1v) is 6.86. The minimum atomic E-state index is -0.609. The highest BCUT2D eigenvalue weighted by Crippen LogP contribution is 2.32. The van der Waals surface area contributed by atoms with Gasteiger partial charge < -0.3 is 4.74 Å². The Balaban J connectivity index is 2.34. The molecule has 0 aliphatic heterocycles. The molecule has 0 spiro atoms. The van der Waals surface area contributed by atoms with Crippen LogP contribution in [-0.4, -0.2) is 0 Å². The lowest BCUT2D eigenvalue weighted by Crippen LogP contribution is -1.92. The second kappa shape index (κ2) is 6.05. The summed E-state index contributed by atoms with van der Waals surface area (Å²) in [5.74, 6) is 0.261. The van der Waals surface area contributed by atoms with Crippen molar-refractivity contribution in [2.75, 3.05) is 0 Å². The molecule has 0 saturated carbocycles. The normalized spacial score (nSPS) is 10.0. The third kappa shape index (κ3) is 3.06. The summed E-state index contributed by atoms with van der Waals surface area (Å²) in [6, 6.07) is 11.1. The van der Waals surface area contributed by atoms with E-state index in [0.717, 1.165) is 5.56 Å². The Morgan fingerprint density at radius 3 is 2.74 bits per heavy atom. The van der Waals surface area contributed by atoms with Crippen molar-refractivity contribution in [3.05, 3.63) is 58.4 Å². The van der Waals surface area contributed by atoms with Crippen LogP contribution in [-0.2, 0) is 5.33 Å². The van der Waals surface area contributed by atoms with E-state index >= 15 is 0 Å². The van der Waals surface area contributed by atoms with Gasteiger partial charge in [-0.05, 0) is 24.3 Å². The zero-order valence-corrected chi connectivity index (χ0v) is 12.0. The molecule has 2 aromatic rings. The summed E-state index contributed by atoms with van der Waals surface area (Å²) < 4.78 is 19.1. The van der Waals surface area contributed by atoms with Crippen LogP contribution >= 0.6 is 27.5 Å². The molecule has 0 N–H and O–H groups in total. The average Bonchev–Trinajstić information content (AvgIpc) is 2.39. The van der Waals surface area contributed by atoms with E-state index in [1.807, 2.05) is 0 Å². The first-order chi connectivity index (χ1) is 9.15. The molecule has 0 aromatic heterocycles. The van der Waals surface area contributed by atoms with Crippen LogP contribution in [0.2, 0.25) is 5.02 Å². The van der Waals surface area contributed by atoms with E-state index < -0.39 is 5.82 Å². The largest absolute Gasteiger partial charge is 0.457 e. The van der Waals surface area contributed by atoms with Gasteiger partial charge in [0.15, 0.2) is 0 Å². The molecule has 0 fully saturated rings. The first kappa shape index (κ1) is 13.9. The number of hydrogen-bond donors (Lipinski definition) is 0. The lowest BCUT2D eigenvalue weighted by atomic mass is 10.2. The first-order valence-electron chi connectivity index (χ1n) is 5.36. The Morgan fingerprint density at radius 2 is 2.11 bits per heavy atom. The Labute approximate surface area is 123 Å². The summed E-state index contributed by atoms with van der Waals surface area (Å²) in [7, 11) is 0. The number of halogens is 3. The molecule has 96 valence electrons. The Bertz CT molecular complexity index is 654. The maximum atomic E-state index is 13.5. The Hall–Kier alpha value is -1.57. The van der Waals surface area contributed by atoms with Crippen molar-refractivity contribution in [1.82, 2.24) is 0 Å². The maximum Gasteiger partial charge on any atom is 0.144 e. The number of nitrogens with zero attached hydrogens (tertiary/aromatic N) is 1. The van der Waals surface area contributed by atoms with E-state index in [4.69, 9.17) is 21.6 Å². The monoisotopic (exact) mass is 339 g/mol. The molecule has 0 heterocycles. The molecule has 2 rings (SSSR count). The number of nitriles is 1. The third-order valence-corrected chi connectivity index (χ3v) is 3.41. The van der Waals surface area contributed by atoms with Crippen molar-refractivity contribution in [2.45, 2.75) is 5.33 Å². The quantitative estimate of drug-likeness (QED) is 0.733.